The van der Waals surface area contributed by atoms with Crippen LogP contribution >= 0.6 is 0 Å². The summed E-state index contributed by atoms with van der Waals surface area (Å²) in [6.45, 7) is 4.02. The minimum atomic E-state index is -1.30. The summed E-state index contributed by atoms with van der Waals surface area (Å²) in [7, 11) is 0. The molecule has 0 saturated heterocycles. The molecule has 5 N–H and O–H groups in total. The number of aliphatic hydroxyl groups excluding tert-OH is 4. The number of allylic oxidation sites excluding steroid dienone is 8. The van der Waals surface area contributed by atoms with E-state index in [9.17, 15) is 25.2 Å². The third-order valence-corrected chi connectivity index (χ3v) is 10.7. The first kappa shape index (κ1) is 53.3. The van der Waals surface area contributed by atoms with Gasteiger partial charge in [-0.2, -0.15) is 0 Å². The number of hydrogen-bond donors (Lipinski definition) is 5. The summed E-state index contributed by atoms with van der Waals surface area (Å²) in [4.78, 5) is 12.5. The molecule has 0 rings (SSSR count). The predicted octanol–water partition coefficient (Wildman–Crippen LogP) is 12.7. The third kappa shape index (κ3) is 37.6. The third-order valence-electron chi connectivity index (χ3n) is 10.7. The van der Waals surface area contributed by atoms with Crippen LogP contribution in [0.4, 0.5) is 0 Å². The fourth-order valence-electron chi connectivity index (χ4n) is 6.96. The minimum Gasteiger partial charge on any atom is -0.394 e. The molecule has 0 bridgehead atoms. The molecule has 6 heteroatoms. The Labute approximate surface area is 340 Å². The van der Waals surface area contributed by atoms with Gasteiger partial charge in [0.25, 0.3) is 0 Å². The Morgan fingerprint density at radius 1 is 0.436 bits per heavy atom. The van der Waals surface area contributed by atoms with Gasteiger partial charge in [-0.25, -0.2) is 0 Å². The van der Waals surface area contributed by atoms with E-state index in [1.54, 1.807) is 0 Å². The van der Waals surface area contributed by atoms with Crippen LogP contribution in [0.15, 0.2) is 48.6 Å². The Morgan fingerprint density at radius 3 is 1.16 bits per heavy atom. The summed E-state index contributed by atoms with van der Waals surface area (Å²) in [5.41, 5.74) is 0. The average Bonchev–Trinajstić information content (AvgIpc) is 3.19. The Morgan fingerprint density at radius 2 is 0.764 bits per heavy atom. The van der Waals surface area contributed by atoms with Crippen LogP contribution in [-0.4, -0.2) is 57.3 Å². The van der Waals surface area contributed by atoms with Crippen molar-refractivity contribution < 1.29 is 25.2 Å². The highest BCUT2D eigenvalue weighted by Crippen LogP contribution is 2.15. The summed E-state index contributed by atoms with van der Waals surface area (Å²) >= 11 is 0. The quantitative estimate of drug-likeness (QED) is 0.0313. The smallest absolute Gasteiger partial charge is 0.249 e. The molecule has 0 aromatic heterocycles. The number of carbonyl (C=O) groups is 1. The number of rotatable bonds is 42. The molecule has 0 heterocycles. The zero-order valence-corrected chi connectivity index (χ0v) is 36.2. The Hall–Kier alpha value is -1.73. The normalized spacial score (nSPS) is 14.5. The van der Waals surface area contributed by atoms with Crippen molar-refractivity contribution in [2.75, 3.05) is 6.61 Å². The van der Waals surface area contributed by atoms with E-state index in [1.165, 1.54) is 128 Å². The van der Waals surface area contributed by atoms with E-state index < -0.39 is 36.9 Å². The molecule has 4 unspecified atom stereocenters. The highest BCUT2D eigenvalue weighted by Gasteiger charge is 2.28. The van der Waals surface area contributed by atoms with Crippen molar-refractivity contribution in [3.63, 3.8) is 0 Å². The van der Waals surface area contributed by atoms with Crippen molar-refractivity contribution in [1.82, 2.24) is 5.32 Å². The SMILES string of the molecule is CCCCCC/C=C/CC/C=C/CC/C=C/CCCC(O)C(O)C(CO)NC(=O)C(O)CCCCCCCC/C=C\CCCCCCCCCCCCCC. The predicted molar refractivity (Wildman–Crippen MR) is 237 cm³/mol. The highest BCUT2D eigenvalue weighted by molar-refractivity contribution is 5.80. The minimum absolute atomic E-state index is 0.350. The van der Waals surface area contributed by atoms with Gasteiger partial charge in [-0.1, -0.05) is 184 Å². The van der Waals surface area contributed by atoms with Crippen molar-refractivity contribution in [1.29, 1.82) is 0 Å². The van der Waals surface area contributed by atoms with Gasteiger partial charge in [0, 0.05) is 0 Å². The van der Waals surface area contributed by atoms with Crippen molar-refractivity contribution in [2.24, 2.45) is 0 Å². The highest BCUT2D eigenvalue weighted by atomic mass is 16.3. The zero-order valence-electron chi connectivity index (χ0n) is 36.2. The number of unbranched alkanes of at least 4 members (excludes halogenated alkanes) is 25. The van der Waals surface area contributed by atoms with E-state index in [0.29, 0.717) is 19.3 Å². The second kappa shape index (κ2) is 43.4. The molecule has 0 aliphatic carbocycles. The van der Waals surface area contributed by atoms with E-state index in [4.69, 9.17) is 0 Å². The molecule has 0 spiro atoms. The standard InChI is InChI=1S/C49H91NO5/c1-3-5-7-9-11-13-15-17-19-21-22-23-24-25-27-29-31-33-35-37-39-41-43-47(53)49(55)50-45(44-51)48(54)46(52)42-40-38-36-34-32-30-28-26-20-18-16-14-12-10-8-6-4-2/h14,16,25-28,34,36,45-48,51-54H,3-13,15,17-24,29-33,35,37-44H2,1-2H3,(H,50,55)/b16-14+,27-25-,28-26+,36-34+. The van der Waals surface area contributed by atoms with Gasteiger partial charge in [-0.05, 0) is 89.9 Å². The molecule has 0 aromatic carbocycles. The van der Waals surface area contributed by atoms with Crippen molar-refractivity contribution >= 4 is 5.91 Å². The molecule has 4 atom stereocenters. The molecule has 0 aromatic rings. The van der Waals surface area contributed by atoms with Crippen molar-refractivity contribution in [2.45, 2.75) is 250 Å². The maximum absolute atomic E-state index is 12.5. The van der Waals surface area contributed by atoms with Crippen LogP contribution in [0.25, 0.3) is 0 Å². The molecule has 1 amide bonds. The van der Waals surface area contributed by atoms with Gasteiger partial charge >= 0.3 is 0 Å². The molecule has 0 fully saturated rings. The van der Waals surface area contributed by atoms with Gasteiger partial charge in [0.15, 0.2) is 0 Å². The molecule has 0 saturated carbocycles. The van der Waals surface area contributed by atoms with Crippen LogP contribution < -0.4 is 5.32 Å². The molecule has 0 radical (unpaired) electrons. The molecule has 6 nitrogen and oxygen atoms in total. The van der Waals surface area contributed by atoms with Crippen molar-refractivity contribution in [3.8, 4) is 0 Å². The first-order chi connectivity index (χ1) is 27.0. The summed E-state index contributed by atoms with van der Waals surface area (Å²) in [5, 5.41) is 43.7. The number of carbonyl (C=O) groups excluding carboxylic acids is 1. The fourth-order valence-corrected chi connectivity index (χ4v) is 6.96. The summed E-state index contributed by atoms with van der Waals surface area (Å²) in [6.07, 6.45) is 52.9. The Kier molecular flexibility index (Phi) is 42.0. The summed E-state index contributed by atoms with van der Waals surface area (Å²) < 4.78 is 0. The molecule has 0 aliphatic rings. The Balaban J connectivity index is 3.79. The van der Waals surface area contributed by atoms with Gasteiger partial charge in [0.1, 0.15) is 12.2 Å². The number of hydrogen-bond acceptors (Lipinski definition) is 5. The lowest BCUT2D eigenvalue weighted by Gasteiger charge is -2.27. The van der Waals surface area contributed by atoms with Gasteiger partial charge in [-0.15, -0.1) is 0 Å². The first-order valence-corrected chi connectivity index (χ1v) is 23.5. The van der Waals surface area contributed by atoms with E-state index >= 15 is 0 Å². The van der Waals surface area contributed by atoms with E-state index in [0.717, 1.165) is 64.2 Å². The second-order valence-electron chi connectivity index (χ2n) is 16.1. The molecular weight excluding hydrogens is 683 g/mol. The van der Waals surface area contributed by atoms with Crippen LogP contribution in [-0.2, 0) is 4.79 Å². The molecular formula is C49H91NO5. The number of aliphatic hydroxyl groups is 4. The van der Waals surface area contributed by atoms with Gasteiger partial charge in [0.05, 0.1) is 18.8 Å². The van der Waals surface area contributed by atoms with Crippen LogP contribution in [0.1, 0.15) is 226 Å². The number of amides is 1. The van der Waals surface area contributed by atoms with Gasteiger partial charge < -0.3 is 25.7 Å². The maximum atomic E-state index is 12.5. The lowest BCUT2D eigenvalue weighted by molar-refractivity contribution is -0.132. The summed E-state index contributed by atoms with van der Waals surface area (Å²) in [6, 6.07) is -1.01. The molecule has 55 heavy (non-hydrogen) atoms. The maximum Gasteiger partial charge on any atom is 0.249 e. The first-order valence-electron chi connectivity index (χ1n) is 23.5. The van der Waals surface area contributed by atoms with E-state index in [-0.39, 0.29) is 0 Å². The largest absolute Gasteiger partial charge is 0.394 e. The zero-order chi connectivity index (χ0) is 40.3. The Bertz CT molecular complexity index is 915. The molecule has 322 valence electrons. The van der Waals surface area contributed by atoms with Gasteiger partial charge in [-0.3, -0.25) is 4.79 Å². The molecule has 0 aliphatic heterocycles. The van der Waals surface area contributed by atoms with Crippen LogP contribution in [0.5, 0.6) is 0 Å². The van der Waals surface area contributed by atoms with Gasteiger partial charge in [0.2, 0.25) is 5.91 Å². The average molecular weight is 774 g/mol. The van der Waals surface area contributed by atoms with Crippen LogP contribution in [0, 0.1) is 0 Å². The topological polar surface area (TPSA) is 110 Å². The fraction of sp³-hybridized carbons (Fsp3) is 0.816. The van der Waals surface area contributed by atoms with E-state index in [1.807, 2.05) is 0 Å². The lowest BCUT2D eigenvalue weighted by Crippen LogP contribution is -2.53. The lowest BCUT2D eigenvalue weighted by atomic mass is 10.00. The van der Waals surface area contributed by atoms with Crippen LogP contribution in [0.2, 0.25) is 0 Å². The monoisotopic (exact) mass is 774 g/mol. The summed E-state index contributed by atoms with van der Waals surface area (Å²) in [5.74, 6) is -0.605. The number of nitrogens with one attached hydrogen (secondary N) is 1. The van der Waals surface area contributed by atoms with E-state index in [2.05, 4.69) is 67.8 Å². The van der Waals surface area contributed by atoms with Crippen molar-refractivity contribution in [3.05, 3.63) is 48.6 Å². The second-order valence-corrected chi connectivity index (χ2v) is 16.1. The van der Waals surface area contributed by atoms with Crippen LogP contribution in [0.3, 0.4) is 0 Å².